The second kappa shape index (κ2) is 2.27. The molecule has 2 nitrogen and oxygen atoms in total. The molecule has 0 aromatic heterocycles. The van der Waals surface area contributed by atoms with E-state index in [1.54, 1.807) is 0 Å². The minimum atomic E-state index is 0.0503. The highest BCUT2D eigenvalue weighted by atomic mass is 16.5. The van der Waals surface area contributed by atoms with Gasteiger partial charge >= 0.3 is 0 Å². The first kappa shape index (κ1) is 7.03. The number of hydrogen-bond donors (Lipinski definition) is 1. The molecule has 1 saturated heterocycles. The Morgan fingerprint density at radius 2 is 2.22 bits per heavy atom. The third-order valence-electron chi connectivity index (χ3n) is 2.07. The van der Waals surface area contributed by atoms with Crippen molar-refractivity contribution in [1.29, 1.82) is 0 Å². The standard InChI is InChI=1S/C7H15NO/c1-7(2)6(8-3)4-5-9-7/h6,8H,4-5H2,1-3H3. The van der Waals surface area contributed by atoms with E-state index in [1.165, 1.54) is 0 Å². The summed E-state index contributed by atoms with van der Waals surface area (Å²) in [7, 11) is 1.99. The van der Waals surface area contributed by atoms with Crippen molar-refractivity contribution in [2.24, 2.45) is 0 Å². The van der Waals surface area contributed by atoms with Crippen LogP contribution in [0.1, 0.15) is 20.3 Å². The molecule has 0 aromatic carbocycles. The second-order valence-electron chi connectivity index (χ2n) is 3.08. The monoisotopic (exact) mass is 129 g/mol. The fourth-order valence-electron chi connectivity index (χ4n) is 1.38. The molecular weight excluding hydrogens is 114 g/mol. The van der Waals surface area contributed by atoms with Crippen LogP contribution in [0.25, 0.3) is 0 Å². The highest BCUT2D eigenvalue weighted by Crippen LogP contribution is 2.23. The Kier molecular flexibility index (Phi) is 1.78. The summed E-state index contributed by atoms with van der Waals surface area (Å²) in [4.78, 5) is 0. The zero-order chi connectivity index (χ0) is 6.91. The van der Waals surface area contributed by atoms with Crippen LogP contribution < -0.4 is 5.32 Å². The molecule has 0 radical (unpaired) electrons. The van der Waals surface area contributed by atoms with Gasteiger partial charge in [-0.2, -0.15) is 0 Å². The van der Waals surface area contributed by atoms with E-state index >= 15 is 0 Å². The molecule has 1 N–H and O–H groups in total. The number of hydrogen-bond acceptors (Lipinski definition) is 2. The summed E-state index contributed by atoms with van der Waals surface area (Å²) >= 11 is 0. The highest BCUT2D eigenvalue weighted by molar-refractivity contribution is 4.89. The fraction of sp³-hybridized carbons (Fsp3) is 1.00. The molecule has 1 rings (SSSR count). The SMILES string of the molecule is CNC1CCOC1(C)C. The quantitative estimate of drug-likeness (QED) is 0.564. The van der Waals surface area contributed by atoms with Crippen molar-refractivity contribution < 1.29 is 4.74 Å². The molecule has 0 spiro atoms. The van der Waals surface area contributed by atoms with Crippen LogP contribution in [0.2, 0.25) is 0 Å². The lowest BCUT2D eigenvalue weighted by atomic mass is 10.00. The number of rotatable bonds is 1. The summed E-state index contributed by atoms with van der Waals surface area (Å²) in [6.07, 6.45) is 1.14. The molecule has 9 heavy (non-hydrogen) atoms. The summed E-state index contributed by atoms with van der Waals surface area (Å²) in [6.45, 7) is 5.15. The van der Waals surface area contributed by atoms with Gasteiger partial charge in [0.2, 0.25) is 0 Å². The predicted molar refractivity (Wildman–Crippen MR) is 37.5 cm³/mol. The zero-order valence-corrected chi connectivity index (χ0v) is 6.40. The minimum Gasteiger partial charge on any atom is -0.374 e. The molecule has 1 fully saturated rings. The molecule has 0 amide bonds. The first-order chi connectivity index (χ1) is 4.17. The summed E-state index contributed by atoms with van der Waals surface area (Å²) in [5.74, 6) is 0. The van der Waals surface area contributed by atoms with E-state index in [0.717, 1.165) is 13.0 Å². The summed E-state index contributed by atoms with van der Waals surface area (Å²) < 4.78 is 5.48. The van der Waals surface area contributed by atoms with Crippen LogP contribution in [0.15, 0.2) is 0 Å². The lowest BCUT2D eigenvalue weighted by Crippen LogP contribution is -2.41. The van der Waals surface area contributed by atoms with E-state index < -0.39 is 0 Å². The van der Waals surface area contributed by atoms with Crippen LogP contribution in [0, 0.1) is 0 Å². The average molecular weight is 129 g/mol. The third-order valence-corrected chi connectivity index (χ3v) is 2.07. The Balaban J connectivity index is 2.52. The van der Waals surface area contributed by atoms with Gasteiger partial charge in [-0.1, -0.05) is 0 Å². The van der Waals surface area contributed by atoms with Crippen molar-refractivity contribution >= 4 is 0 Å². The van der Waals surface area contributed by atoms with Crippen LogP contribution in [0.5, 0.6) is 0 Å². The summed E-state index contributed by atoms with van der Waals surface area (Å²) in [5.41, 5.74) is 0.0503. The molecule has 2 heteroatoms. The maximum absolute atomic E-state index is 5.48. The molecule has 1 aliphatic heterocycles. The first-order valence-corrected chi connectivity index (χ1v) is 3.48. The van der Waals surface area contributed by atoms with Crippen LogP contribution in [0.3, 0.4) is 0 Å². The largest absolute Gasteiger partial charge is 0.374 e. The van der Waals surface area contributed by atoms with Gasteiger partial charge in [0, 0.05) is 12.6 Å². The lowest BCUT2D eigenvalue weighted by Gasteiger charge is -2.24. The van der Waals surface area contributed by atoms with Gasteiger partial charge in [-0.05, 0) is 27.3 Å². The van der Waals surface area contributed by atoms with Gasteiger partial charge in [-0.3, -0.25) is 0 Å². The molecule has 0 saturated carbocycles. The third kappa shape index (κ3) is 1.25. The Morgan fingerprint density at radius 1 is 1.56 bits per heavy atom. The first-order valence-electron chi connectivity index (χ1n) is 3.48. The Morgan fingerprint density at radius 3 is 2.44 bits per heavy atom. The van der Waals surface area contributed by atoms with Crippen molar-refractivity contribution in [3.05, 3.63) is 0 Å². The van der Waals surface area contributed by atoms with E-state index in [0.29, 0.717) is 6.04 Å². The van der Waals surface area contributed by atoms with Crippen molar-refractivity contribution in [2.75, 3.05) is 13.7 Å². The van der Waals surface area contributed by atoms with Crippen LogP contribution >= 0.6 is 0 Å². The van der Waals surface area contributed by atoms with E-state index in [1.807, 2.05) is 7.05 Å². The summed E-state index contributed by atoms with van der Waals surface area (Å²) in [5, 5.41) is 3.23. The normalized spacial score (nSPS) is 33.0. The van der Waals surface area contributed by atoms with E-state index in [2.05, 4.69) is 19.2 Å². The maximum Gasteiger partial charge on any atom is 0.0779 e. The fourth-order valence-corrected chi connectivity index (χ4v) is 1.38. The topological polar surface area (TPSA) is 21.3 Å². The minimum absolute atomic E-state index is 0.0503. The average Bonchev–Trinajstić information content (AvgIpc) is 2.08. The van der Waals surface area contributed by atoms with Crippen molar-refractivity contribution in [3.8, 4) is 0 Å². The number of ether oxygens (including phenoxy) is 1. The molecule has 1 aliphatic rings. The van der Waals surface area contributed by atoms with E-state index in [4.69, 9.17) is 4.74 Å². The van der Waals surface area contributed by atoms with Crippen molar-refractivity contribution in [3.63, 3.8) is 0 Å². The lowest BCUT2D eigenvalue weighted by molar-refractivity contribution is 0.0231. The van der Waals surface area contributed by atoms with Crippen molar-refractivity contribution in [1.82, 2.24) is 5.32 Å². The number of likely N-dealkylation sites (N-methyl/N-ethyl adjacent to an activating group) is 1. The highest BCUT2D eigenvalue weighted by Gasteiger charge is 2.34. The van der Waals surface area contributed by atoms with Gasteiger partial charge in [0.25, 0.3) is 0 Å². The van der Waals surface area contributed by atoms with Crippen molar-refractivity contribution in [2.45, 2.75) is 31.9 Å². The van der Waals surface area contributed by atoms with E-state index in [-0.39, 0.29) is 5.60 Å². The van der Waals surface area contributed by atoms with Crippen LogP contribution in [-0.4, -0.2) is 25.3 Å². The van der Waals surface area contributed by atoms with Gasteiger partial charge in [0.1, 0.15) is 0 Å². The van der Waals surface area contributed by atoms with Gasteiger partial charge in [-0.25, -0.2) is 0 Å². The molecule has 0 aromatic rings. The molecule has 1 atom stereocenters. The van der Waals surface area contributed by atoms with E-state index in [9.17, 15) is 0 Å². The molecule has 0 aliphatic carbocycles. The second-order valence-corrected chi connectivity index (χ2v) is 3.08. The molecule has 1 heterocycles. The Labute approximate surface area is 56.6 Å². The molecule has 1 unspecified atom stereocenters. The van der Waals surface area contributed by atoms with Gasteiger partial charge in [0.15, 0.2) is 0 Å². The molecule has 54 valence electrons. The van der Waals surface area contributed by atoms with Gasteiger partial charge in [-0.15, -0.1) is 0 Å². The Hall–Kier alpha value is -0.0800. The molecular formula is C7H15NO. The maximum atomic E-state index is 5.48. The van der Waals surface area contributed by atoms with Crippen LogP contribution in [0.4, 0.5) is 0 Å². The van der Waals surface area contributed by atoms with Crippen LogP contribution in [-0.2, 0) is 4.74 Å². The summed E-state index contributed by atoms with van der Waals surface area (Å²) in [6, 6.07) is 0.539. The smallest absolute Gasteiger partial charge is 0.0779 e. The Bertz CT molecular complexity index is 101. The molecule has 0 bridgehead atoms. The zero-order valence-electron chi connectivity index (χ0n) is 6.40. The van der Waals surface area contributed by atoms with Gasteiger partial charge < -0.3 is 10.1 Å². The predicted octanol–water partition coefficient (Wildman–Crippen LogP) is 0.773. The number of nitrogens with one attached hydrogen (secondary N) is 1. The van der Waals surface area contributed by atoms with Gasteiger partial charge in [0.05, 0.1) is 5.60 Å².